The van der Waals surface area contributed by atoms with Crippen molar-refractivity contribution in [2.24, 2.45) is 28.6 Å². The molecule has 0 saturated heterocycles. The van der Waals surface area contributed by atoms with Crippen LogP contribution in [0.4, 0.5) is 4.39 Å². The van der Waals surface area contributed by atoms with Crippen LogP contribution >= 0.6 is 0 Å². The van der Waals surface area contributed by atoms with Gasteiger partial charge in [0, 0.05) is 23.7 Å². The molecule has 4 aliphatic carbocycles. The summed E-state index contributed by atoms with van der Waals surface area (Å²) in [5, 5.41) is 31.6. The van der Waals surface area contributed by atoms with E-state index < -0.39 is 46.5 Å². The summed E-state index contributed by atoms with van der Waals surface area (Å²) in [7, 11) is 0. The Morgan fingerprint density at radius 2 is 1.85 bits per heavy atom. The quantitative estimate of drug-likeness (QED) is 0.679. The van der Waals surface area contributed by atoms with Gasteiger partial charge in [0.05, 0.1) is 6.10 Å². The first-order valence-corrected chi connectivity index (χ1v) is 10.3. The van der Waals surface area contributed by atoms with Gasteiger partial charge in [0.1, 0.15) is 23.7 Å². The summed E-state index contributed by atoms with van der Waals surface area (Å²) in [6.45, 7) is 2.92. The van der Waals surface area contributed by atoms with Gasteiger partial charge in [-0.25, -0.2) is 4.39 Å². The molecule has 152 valence electrons. The number of ketones is 2. The average Bonchev–Trinajstić information content (AvgIpc) is 2.88. The molecule has 0 radical (unpaired) electrons. The average molecular weight is 382 g/mol. The third-order valence-corrected chi connectivity index (χ3v) is 9.31. The maximum absolute atomic E-state index is 16.8. The van der Waals surface area contributed by atoms with Gasteiger partial charge in [0.15, 0.2) is 5.78 Å². The topological polar surface area (TPSA) is 94.8 Å². The van der Waals surface area contributed by atoms with Crippen molar-refractivity contribution in [1.29, 1.82) is 0 Å². The van der Waals surface area contributed by atoms with Gasteiger partial charge in [-0.2, -0.15) is 0 Å². The van der Waals surface area contributed by atoms with E-state index in [1.807, 2.05) is 6.92 Å². The lowest BCUT2D eigenvalue weighted by molar-refractivity contribution is -0.254. The van der Waals surface area contributed by atoms with Crippen LogP contribution < -0.4 is 0 Å². The highest BCUT2D eigenvalue weighted by molar-refractivity contribution is 5.89. The fraction of sp³-hybridized carbons (Fsp3) is 0.905. The summed E-state index contributed by atoms with van der Waals surface area (Å²) in [5.74, 6) is -1.17. The van der Waals surface area contributed by atoms with E-state index in [2.05, 4.69) is 0 Å². The highest BCUT2D eigenvalue weighted by Gasteiger charge is 2.74. The molecule has 5 nitrogen and oxygen atoms in total. The first kappa shape index (κ1) is 19.5. The fourth-order valence-electron chi connectivity index (χ4n) is 7.65. The lowest BCUT2D eigenvalue weighted by Gasteiger charge is -2.65. The van der Waals surface area contributed by atoms with E-state index in [1.54, 1.807) is 6.92 Å². The van der Waals surface area contributed by atoms with E-state index in [-0.39, 0.29) is 30.5 Å². The minimum Gasteiger partial charge on any atom is -0.390 e. The van der Waals surface area contributed by atoms with Gasteiger partial charge in [-0.1, -0.05) is 13.8 Å². The molecule has 4 saturated carbocycles. The minimum absolute atomic E-state index is 0.00314. The maximum atomic E-state index is 16.8. The number of aliphatic hydroxyl groups excluding tert-OH is 2. The van der Waals surface area contributed by atoms with Gasteiger partial charge in [-0.05, 0) is 56.3 Å². The summed E-state index contributed by atoms with van der Waals surface area (Å²) >= 11 is 0. The van der Waals surface area contributed by atoms with Crippen molar-refractivity contribution in [1.82, 2.24) is 0 Å². The van der Waals surface area contributed by atoms with Gasteiger partial charge in [-0.15, -0.1) is 0 Å². The van der Waals surface area contributed by atoms with Gasteiger partial charge in [0.25, 0.3) is 0 Å². The van der Waals surface area contributed by atoms with Crippen LogP contribution in [0.15, 0.2) is 0 Å². The molecule has 0 bridgehead atoms. The predicted molar refractivity (Wildman–Crippen MR) is 95.5 cm³/mol. The monoisotopic (exact) mass is 382 g/mol. The van der Waals surface area contributed by atoms with E-state index in [0.29, 0.717) is 32.1 Å². The van der Waals surface area contributed by atoms with Crippen LogP contribution in [0.1, 0.15) is 65.2 Å². The Morgan fingerprint density at radius 3 is 2.52 bits per heavy atom. The molecule has 0 aromatic rings. The lowest BCUT2D eigenvalue weighted by atomic mass is 9.42. The summed E-state index contributed by atoms with van der Waals surface area (Å²) in [4.78, 5) is 24.3. The molecule has 3 N–H and O–H groups in total. The highest BCUT2D eigenvalue weighted by atomic mass is 19.1. The third kappa shape index (κ3) is 2.15. The van der Waals surface area contributed by atoms with Crippen LogP contribution in [0.25, 0.3) is 0 Å². The maximum Gasteiger partial charge on any atom is 0.190 e. The zero-order chi connectivity index (χ0) is 19.8. The van der Waals surface area contributed by atoms with E-state index >= 15 is 4.39 Å². The zero-order valence-corrected chi connectivity index (χ0v) is 16.2. The van der Waals surface area contributed by atoms with Crippen molar-refractivity contribution in [3.8, 4) is 0 Å². The smallest absolute Gasteiger partial charge is 0.190 e. The molecule has 2 unspecified atom stereocenters. The Labute approximate surface area is 159 Å². The molecular formula is C21H31FO5. The van der Waals surface area contributed by atoms with Crippen LogP contribution in [-0.4, -0.2) is 50.9 Å². The first-order chi connectivity index (χ1) is 12.5. The van der Waals surface area contributed by atoms with Crippen molar-refractivity contribution < 1.29 is 29.3 Å². The number of hydrogen-bond acceptors (Lipinski definition) is 5. The van der Waals surface area contributed by atoms with Crippen LogP contribution in [0.3, 0.4) is 0 Å². The zero-order valence-electron chi connectivity index (χ0n) is 16.2. The van der Waals surface area contributed by atoms with Crippen molar-refractivity contribution >= 4 is 11.6 Å². The molecule has 0 aromatic carbocycles. The number of fused-ring (bicyclic) bond motifs is 5. The Morgan fingerprint density at radius 1 is 1.15 bits per heavy atom. The second-order valence-electron chi connectivity index (χ2n) is 10.0. The molecule has 0 aromatic heterocycles. The Kier molecular flexibility index (Phi) is 4.20. The van der Waals surface area contributed by atoms with Crippen molar-refractivity contribution in [2.45, 2.75) is 82.6 Å². The van der Waals surface area contributed by atoms with Crippen LogP contribution in [0.5, 0.6) is 0 Å². The number of alkyl halides is 1. The van der Waals surface area contributed by atoms with Crippen molar-refractivity contribution in [2.75, 3.05) is 6.61 Å². The highest BCUT2D eigenvalue weighted by Crippen LogP contribution is 2.70. The standard InChI is InChI=1S/C21H31FO5/c1-18-7-5-13(24)9-12(18)3-4-15-14-6-8-20(27,17(26)11-23)19(14,2)10-16(25)21(15,18)22/h12,14-16,23,25,27H,3-11H2,1-2H3/t12?,14-,15-,16?,18-,19-,20-,21-/m0/s1. The van der Waals surface area contributed by atoms with Crippen molar-refractivity contribution in [3.05, 3.63) is 0 Å². The third-order valence-electron chi connectivity index (χ3n) is 9.31. The largest absolute Gasteiger partial charge is 0.390 e. The molecule has 4 rings (SSSR count). The molecule has 0 amide bonds. The number of hydrogen-bond donors (Lipinski definition) is 3. The number of carbonyl (C=O) groups excluding carboxylic acids is 2. The molecule has 4 fully saturated rings. The molecule has 0 aliphatic heterocycles. The number of halogens is 1. The Balaban J connectivity index is 1.76. The summed E-state index contributed by atoms with van der Waals surface area (Å²) in [6, 6.07) is 0. The summed E-state index contributed by atoms with van der Waals surface area (Å²) < 4.78 is 16.8. The van der Waals surface area contributed by atoms with Gasteiger partial charge in [0.2, 0.25) is 0 Å². The van der Waals surface area contributed by atoms with E-state index in [1.165, 1.54) is 0 Å². The second kappa shape index (κ2) is 5.83. The first-order valence-electron chi connectivity index (χ1n) is 10.3. The van der Waals surface area contributed by atoms with Crippen LogP contribution in [0.2, 0.25) is 0 Å². The van der Waals surface area contributed by atoms with Gasteiger partial charge >= 0.3 is 0 Å². The Bertz CT molecular complexity index is 681. The number of rotatable bonds is 2. The van der Waals surface area contributed by atoms with Crippen molar-refractivity contribution in [3.63, 3.8) is 0 Å². The number of aliphatic hydroxyl groups is 3. The van der Waals surface area contributed by atoms with Crippen LogP contribution in [-0.2, 0) is 9.59 Å². The number of Topliss-reactive ketones (excluding diaryl/α,β-unsaturated/α-hetero) is 2. The van der Waals surface area contributed by atoms with E-state index in [9.17, 15) is 24.9 Å². The predicted octanol–water partition coefficient (Wildman–Crippen LogP) is 1.95. The SMILES string of the molecule is C[C@]12CCC(=O)CC1CC[C@H]1[C@@H]3CC[C@](O)(C(=O)CO)[C@@]3(C)CC(O)[C@@]12F. The molecule has 27 heavy (non-hydrogen) atoms. The minimum atomic E-state index is -1.81. The molecule has 6 heteroatoms. The van der Waals surface area contributed by atoms with Crippen LogP contribution in [0, 0.1) is 28.6 Å². The van der Waals surface area contributed by atoms with E-state index in [0.717, 1.165) is 6.42 Å². The second-order valence-corrected chi connectivity index (χ2v) is 10.0. The molecule has 4 aliphatic rings. The fourth-order valence-corrected chi connectivity index (χ4v) is 7.65. The molecule has 0 heterocycles. The molecule has 0 spiro atoms. The lowest BCUT2D eigenvalue weighted by Crippen LogP contribution is -2.71. The summed E-state index contributed by atoms with van der Waals surface area (Å²) in [6.07, 6.45) is 1.92. The van der Waals surface area contributed by atoms with Gasteiger partial charge < -0.3 is 15.3 Å². The van der Waals surface area contributed by atoms with E-state index in [4.69, 9.17) is 0 Å². The molecule has 8 atom stereocenters. The normalized spacial score (nSPS) is 54.8. The number of carbonyl (C=O) groups is 2. The van der Waals surface area contributed by atoms with Gasteiger partial charge in [-0.3, -0.25) is 9.59 Å². The summed E-state index contributed by atoms with van der Waals surface area (Å²) in [5.41, 5.74) is -5.23. The molecular weight excluding hydrogens is 351 g/mol. The Hall–Kier alpha value is -0.850.